The van der Waals surface area contributed by atoms with E-state index in [9.17, 15) is 4.79 Å². The lowest BCUT2D eigenvalue weighted by Gasteiger charge is -2.02. The van der Waals surface area contributed by atoms with E-state index in [-0.39, 0.29) is 5.69 Å². The Labute approximate surface area is 113 Å². The second-order valence-electron chi connectivity index (χ2n) is 3.81. The number of hydrogen-bond acceptors (Lipinski definition) is 5. The normalized spacial score (nSPS) is 10.6. The summed E-state index contributed by atoms with van der Waals surface area (Å²) in [5.74, 6) is -0.970. The smallest absolute Gasteiger partial charge is 0.355 e. The van der Waals surface area contributed by atoms with Gasteiger partial charge in [-0.25, -0.2) is 9.78 Å². The first kappa shape index (κ1) is 13.0. The van der Waals surface area contributed by atoms with E-state index < -0.39 is 5.97 Å². The molecule has 0 aliphatic carbocycles. The SMILES string of the molecule is CCc1ccsc1CNc1nc(C(=O)O)c(C)s1. The molecule has 2 aromatic rings. The summed E-state index contributed by atoms with van der Waals surface area (Å²) in [5, 5.41) is 14.9. The molecule has 0 amide bonds. The standard InChI is InChI=1S/C12H14N2O2S2/c1-3-8-4-5-17-9(8)6-13-12-14-10(11(15)16)7(2)18-12/h4-5H,3,6H2,1-2H3,(H,13,14)(H,15,16). The summed E-state index contributed by atoms with van der Waals surface area (Å²) in [4.78, 5) is 17.0. The largest absolute Gasteiger partial charge is 0.476 e. The third-order valence-corrected chi connectivity index (χ3v) is 4.51. The molecule has 0 aliphatic heterocycles. The second kappa shape index (κ2) is 5.49. The van der Waals surface area contributed by atoms with Crippen LogP contribution in [0.3, 0.4) is 0 Å². The van der Waals surface area contributed by atoms with Crippen molar-refractivity contribution < 1.29 is 9.90 Å². The summed E-state index contributed by atoms with van der Waals surface area (Å²) in [5.41, 5.74) is 1.48. The van der Waals surface area contributed by atoms with E-state index in [1.807, 2.05) is 0 Å². The first-order valence-electron chi connectivity index (χ1n) is 5.61. The fraction of sp³-hybridized carbons (Fsp3) is 0.333. The zero-order valence-electron chi connectivity index (χ0n) is 10.2. The van der Waals surface area contributed by atoms with Gasteiger partial charge in [-0.2, -0.15) is 0 Å². The summed E-state index contributed by atoms with van der Waals surface area (Å²) < 4.78 is 0. The fourth-order valence-corrected chi connectivity index (χ4v) is 3.38. The minimum Gasteiger partial charge on any atom is -0.476 e. The molecule has 0 fully saturated rings. The average molecular weight is 282 g/mol. The van der Waals surface area contributed by atoms with Crippen LogP contribution in [0.15, 0.2) is 11.4 Å². The Morgan fingerprint density at radius 2 is 2.33 bits per heavy atom. The Bertz CT molecular complexity index is 560. The number of carboxylic acid groups (broad SMARTS) is 1. The zero-order valence-corrected chi connectivity index (χ0v) is 11.8. The fourth-order valence-electron chi connectivity index (χ4n) is 1.66. The average Bonchev–Trinajstić information content (AvgIpc) is 2.92. The van der Waals surface area contributed by atoms with Gasteiger partial charge in [-0.3, -0.25) is 0 Å². The van der Waals surface area contributed by atoms with Gasteiger partial charge in [0.15, 0.2) is 10.8 Å². The number of aryl methyl sites for hydroxylation is 2. The highest BCUT2D eigenvalue weighted by molar-refractivity contribution is 7.15. The van der Waals surface area contributed by atoms with E-state index in [2.05, 4.69) is 28.7 Å². The van der Waals surface area contributed by atoms with Crippen LogP contribution >= 0.6 is 22.7 Å². The monoisotopic (exact) mass is 282 g/mol. The Hall–Kier alpha value is -1.40. The molecule has 0 radical (unpaired) electrons. The molecule has 0 aromatic carbocycles. The first-order valence-corrected chi connectivity index (χ1v) is 7.31. The molecule has 2 N–H and O–H groups in total. The van der Waals surface area contributed by atoms with Crippen molar-refractivity contribution in [3.05, 3.63) is 32.5 Å². The molecule has 2 aromatic heterocycles. The number of nitrogens with one attached hydrogen (secondary N) is 1. The van der Waals surface area contributed by atoms with Crippen LogP contribution in [0.5, 0.6) is 0 Å². The molecule has 0 unspecified atom stereocenters. The minimum atomic E-state index is -0.970. The molecule has 6 heteroatoms. The van der Waals surface area contributed by atoms with E-state index in [0.29, 0.717) is 11.7 Å². The third-order valence-electron chi connectivity index (χ3n) is 2.62. The van der Waals surface area contributed by atoms with Crippen molar-refractivity contribution in [2.45, 2.75) is 26.8 Å². The topological polar surface area (TPSA) is 62.2 Å². The number of thiazole rings is 1. The summed E-state index contributed by atoms with van der Waals surface area (Å²) in [6.45, 7) is 4.60. The predicted octanol–water partition coefficient (Wildman–Crippen LogP) is 3.39. The number of carboxylic acids is 1. The van der Waals surface area contributed by atoms with E-state index in [0.717, 1.165) is 11.3 Å². The van der Waals surface area contributed by atoms with Gasteiger partial charge in [0, 0.05) is 9.75 Å². The molecule has 0 atom stereocenters. The van der Waals surface area contributed by atoms with Crippen LogP contribution in [-0.2, 0) is 13.0 Å². The van der Waals surface area contributed by atoms with E-state index in [1.54, 1.807) is 18.3 Å². The van der Waals surface area contributed by atoms with E-state index >= 15 is 0 Å². The molecule has 2 heterocycles. The van der Waals surface area contributed by atoms with Crippen molar-refractivity contribution in [2.24, 2.45) is 0 Å². The number of thiophene rings is 1. The van der Waals surface area contributed by atoms with Gasteiger partial charge in [0.25, 0.3) is 0 Å². The van der Waals surface area contributed by atoms with Gasteiger partial charge in [0.1, 0.15) is 0 Å². The molecule has 0 spiro atoms. The molecular formula is C12H14N2O2S2. The van der Waals surface area contributed by atoms with Crippen molar-refractivity contribution >= 4 is 33.8 Å². The van der Waals surface area contributed by atoms with Gasteiger partial charge in [-0.05, 0) is 30.4 Å². The van der Waals surface area contributed by atoms with Crippen LogP contribution in [0, 0.1) is 6.92 Å². The summed E-state index contributed by atoms with van der Waals surface area (Å²) in [6.07, 6.45) is 1.01. The van der Waals surface area contributed by atoms with Gasteiger partial charge in [0.2, 0.25) is 0 Å². The maximum Gasteiger partial charge on any atom is 0.355 e. The first-order chi connectivity index (χ1) is 8.61. The summed E-state index contributed by atoms with van der Waals surface area (Å²) in [6, 6.07) is 2.12. The number of anilines is 1. The Balaban J connectivity index is 2.07. The number of aromatic carboxylic acids is 1. The Morgan fingerprint density at radius 1 is 1.56 bits per heavy atom. The summed E-state index contributed by atoms with van der Waals surface area (Å²) in [7, 11) is 0. The highest BCUT2D eigenvalue weighted by atomic mass is 32.1. The lowest BCUT2D eigenvalue weighted by atomic mass is 10.2. The zero-order chi connectivity index (χ0) is 13.1. The predicted molar refractivity (Wildman–Crippen MR) is 74.8 cm³/mol. The quantitative estimate of drug-likeness (QED) is 0.882. The van der Waals surface area contributed by atoms with Crippen molar-refractivity contribution in [2.75, 3.05) is 5.32 Å². The second-order valence-corrected chi connectivity index (χ2v) is 6.01. The number of rotatable bonds is 5. The van der Waals surface area contributed by atoms with Crippen molar-refractivity contribution in [3.63, 3.8) is 0 Å². The van der Waals surface area contributed by atoms with Crippen LogP contribution in [0.4, 0.5) is 5.13 Å². The highest BCUT2D eigenvalue weighted by Crippen LogP contribution is 2.24. The number of nitrogens with zero attached hydrogens (tertiary/aromatic N) is 1. The Morgan fingerprint density at radius 3 is 2.94 bits per heavy atom. The molecular weight excluding hydrogens is 268 g/mol. The Kier molecular flexibility index (Phi) is 3.98. The van der Waals surface area contributed by atoms with Gasteiger partial charge in [0.05, 0.1) is 6.54 Å². The molecule has 0 saturated heterocycles. The van der Waals surface area contributed by atoms with Crippen molar-refractivity contribution in [1.82, 2.24) is 4.98 Å². The number of carbonyl (C=O) groups is 1. The van der Waals surface area contributed by atoms with Gasteiger partial charge in [-0.15, -0.1) is 22.7 Å². The van der Waals surface area contributed by atoms with Crippen LogP contribution in [0.2, 0.25) is 0 Å². The number of aromatic nitrogens is 1. The lowest BCUT2D eigenvalue weighted by molar-refractivity contribution is 0.0690. The minimum absolute atomic E-state index is 0.143. The summed E-state index contributed by atoms with van der Waals surface area (Å²) >= 11 is 3.09. The molecule has 2 rings (SSSR count). The molecule has 4 nitrogen and oxygen atoms in total. The maximum absolute atomic E-state index is 10.9. The van der Waals surface area contributed by atoms with Crippen molar-refractivity contribution in [1.29, 1.82) is 0 Å². The molecule has 0 aliphatic rings. The van der Waals surface area contributed by atoms with E-state index in [4.69, 9.17) is 5.11 Å². The van der Waals surface area contributed by atoms with Crippen LogP contribution < -0.4 is 5.32 Å². The highest BCUT2D eigenvalue weighted by Gasteiger charge is 2.14. The number of hydrogen-bond donors (Lipinski definition) is 2. The molecule has 96 valence electrons. The van der Waals surface area contributed by atoms with Crippen LogP contribution in [0.25, 0.3) is 0 Å². The van der Waals surface area contributed by atoms with E-state index in [1.165, 1.54) is 21.8 Å². The van der Waals surface area contributed by atoms with Gasteiger partial charge in [-0.1, -0.05) is 6.92 Å². The van der Waals surface area contributed by atoms with Crippen LogP contribution in [0.1, 0.15) is 32.7 Å². The van der Waals surface area contributed by atoms with Gasteiger partial charge >= 0.3 is 5.97 Å². The molecule has 0 saturated carbocycles. The van der Waals surface area contributed by atoms with Gasteiger partial charge < -0.3 is 10.4 Å². The van der Waals surface area contributed by atoms with Crippen molar-refractivity contribution in [3.8, 4) is 0 Å². The maximum atomic E-state index is 10.9. The molecule has 0 bridgehead atoms. The molecule has 18 heavy (non-hydrogen) atoms. The lowest BCUT2D eigenvalue weighted by Crippen LogP contribution is -2.01. The van der Waals surface area contributed by atoms with Crippen LogP contribution in [-0.4, -0.2) is 16.1 Å². The third kappa shape index (κ3) is 2.70.